The van der Waals surface area contributed by atoms with Crippen molar-refractivity contribution in [3.63, 3.8) is 0 Å². The Morgan fingerprint density at radius 1 is 1.15 bits per heavy atom. The summed E-state index contributed by atoms with van der Waals surface area (Å²) in [7, 11) is 1.26. The number of hydrogen-bond acceptors (Lipinski definition) is 5. The first-order valence-electron chi connectivity index (χ1n) is 12.7. The fourth-order valence-electron chi connectivity index (χ4n) is 6.21. The van der Waals surface area contributed by atoms with Crippen molar-refractivity contribution in [1.82, 2.24) is 4.90 Å². The second-order valence-corrected chi connectivity index (χ2v) is 12.6. The third-order valence-corrected chi connectivity index (χ3v) is 7.99. The van der Waals surface area contributed by atoms with Crippen molar-refractivity contribution in [2.75, 3.05) is 30.4 Å². The van der Waals surface area contributed by atoms with Crippen molar-refractivity contribution in [3.05, 3.63) is 57.6 Å². The largest absolute Gasteiger partial charge is 0.481 e. The number of carbonyl (C=O) groups excluding carboxylic acids is 2. The van der Waals surface area contributed by atoms with Crippen LogP contribution in [0.4, 0.5) is 28.9 Å². The summed E-state index contributed by atoms with van der Waals surface area (Å²) in [5.41, 5.74) is -3.84. The maximum atomic E-state index is 15.0. The van der Waals surface area contributed by atoms with Crippen molar-refractivity contribution >= 4 is 52.7 Å². The molecule has 2 saturated heterocycles. The van der Waals surface area contributed by atoms with Crippen molar-refractivity contribution in [1.29, 1.82) is 0 Å². The molecule has 2 fully saturated rings. The lowest BCUT2D eigenvalue weighted by molar-refractivity contribution is -0.152. The van der Waals surface area contributed by atoms with E-state index in [0.717, 1.165) is 11.0 Å². The molecule has 2 N–H and O–H groups in total. The van der Waals surface area contributed by atoms with Gasteiger partial charge in [0.2, 0.25) is 5.91 Å². The van der Waals surface area contributed by atoms with Crippen LogP contribution >= 0.6 is 23.2 Å². The molecule has 7 nitrogen and oxygen atoms in total. The minimum atomic E-state index is -3.43. The van der Waals surface area contributed by atoms with E-state index in [0.29, 0.717) is 6.07 Å². The van der Waals surface area contributed by atoms with Crippen LogP contribution in [-0.2, 0) is 19.9 Å². The maximum absolute atomic E-state index is 15.0. The van der Waals surface area contributed by atoms with Crippen LogP contribution in [-0.4, -0.2) is 60.3 Å². The number of carboxylic acids is 1. The Labute approximate surface area is 244 Å². The molecule has 41 heavy (non-hydrogen) atoms. The number of fused-ring (bicyclic) bond motifs is 1. The van der Waals surface area contributed by atoms with Crippen LogP contribution in [0.5, 0.6) is 0 Å². The SMILES string of the molecule is CNc1c(F)cc(F)cc1[C@]1(C=O)[C@H](C(=O)O)C(C(=O)N(CC(C)(C)C)c2cc(Cl)cc(Cl)c2)[C@@H]2CC(F)(F)CN21. The summed E-state index contributed by atoms with van der Waals surface area (Å²) in [4.78, 5) is 42.6. The van der Waals surface area contributed by atoms with Gasteiger partial charge < -0.3 is 20.1 Å². The molecule has 0 saturated carbocycles. The lowest BCUT2D eigenvalue weighted by Crippen LogP contribution is -2.52. The molecule has 0 spiro atoms. The molecule has 0 bridgehead atoms. The molecule has 222 valence electrons. The number of aliphatic carboxylic acids is 1. The summed E-state index contributed by atoms with van der Waals surface area (Å²) in [5.74, 6) is -12.0. The van der Waals surface area contributed by atoms with Gasteiger partial charge in [0, 0.05) is 53.4 Å². The van der Waals surface area contributed by atoms with Crippen LogP contribution in [0, 0.1) is 28.9 Å². The molecule has 2 aliphatic heterocycles. The normalized spacial score (nSPS) is 25.6. The Hall–Kier alpha value is -2.89. The minimum absolute atomic E-state index is 0.00109. The number of benzene rings is 2. The standard InChI is InChI=1S/C28H29Cl2F4N3O4/c1-26(2,3)11-36(17-6-14(29)5-15(30)7-17)24(39)21-20-10-27(33,34)12-37(20)28(13-38,22(21)25(40)41)18-8-16(31)9-19(32)23(18)35-4/h5-9,13,20-22,35H,10-12H2,1-4H3,(H,40,41)/t20-,21?,22-,28+/m0/s1. The molecule has 0 aliphatic carbocycles. The number of alkyl halides is 2. The average molecular weight is 618 g/mol. The van der Waals surface area contributed by atoms with Gasteiger partial charge in [0.05, 0.1) is 24.1 Å². The van der Waals surface area contributed by atoms with E-state index in [2.05, 4.69) is 5.32 Å². The number of nitrogens with one attached hydrogen (secondary N) is 1. The fourth-order valence-corrected chi connectivity index (χ4v) is 6.73. The van der Waals surface area contributed by atoms with E-state index in [9.17, 15) is 28.3 Å². The first kappa shape index (κ1) is 31.1. The van der Waals surface area contributed by atoms with Gasteiger partial charge in [-0.3, -0.25) is 14.5 Å². The summed E-state index contributed by atoms with van der Waals surface area (Å²) in [6.45, 7) is 4.32. The predicted octanol–water partition coefficient (Wildman–Crippen LogP) is 5.83. The summed E-state index contributed by atoms with van der Waals surface area (Å²) >= 11 is 12.4. The second-order valence-electron chi connectivity index (χ2n) is 11.7. The topological polar surface area (TPSA) is 89.9 Å². The molecule has 2 aromatic rings. The van der Waals surface area contributed by atoms with Crippen LogP contribution in [0.3, 0.4) is 0 Å². The first-order valence-corrected chi connectivity index (χ1v) is 13.5. The van der Waals surface area contributed by atoms with Crippen LogP contribution in [0.25, 0.3) is 0 Å². The second kappa shape index (κ2) is 10.7. The highest BCUT2D eigenvalue weighted by molar-refractivity contribution is 6.35. The van der Waals surface area contributed by atoms with Gasteiger partial charge in [-0.15, -0.1) is 0 Å². The first-order chi connectivity index (χ1) is 19.0. The van der Waals surface area contributed by atoms with Gasteiger partial charge in [0.1, 0.15) is 23.5 Å². The molecule has 1 unspecified atom stereocenters. The van der Waals surface area contributed by atoms with Crippen LogP contribution in [0.15, 0.2) is 30.3 Å². The number of halogens is 6. The molecular weight excluding hydrogens is 589 g/mol. The average Bonchev–Trinajstić information content (AvgIpc) is 3.29. The zero-order valence-corrected chi connectivity index (χ0v) is 24.2. The summed E-state index contributed by atoms with van der Waals surface area (Å²) in [5, 5.41) is 13.4. The van der Waals surface area contributed by atoms with Gasteiger partial charge >= 0.3 is 5.97 Å². The van der Waals surface area contributed by atoms with Crippen LogP contribution < -0.4 is 10.2 Å². The maximum Gasteiger partial charge on any atom is 0.310 e. The van der Waals surface area contributed by atoms with Crippen molar-refractivity contribution < 1.29 is 37.1 Å². The van der Waals surface area contributed by atoms with E-state index in [-0.39, 0.29) is 28.6 Å². The van der Waals surface area contributed by atoms with Crippen molar-refractivity contribution in [2.24, 2.45) is 17.3 Å². The molecular formula is C28H29Cl2F4N3O4. The highest BCUT2D eigenvalue weighted by atomic mass is 35.5. The number of amides is 1. The van der Waals surface area contributed by atoms with E-state index in [1.54, 1.807) is 0 Å². The van der Waals surface area contributed by atoms with E-state index in [1.807, 2.05) is 20.8 Å². The van der Waals surface area contributed by atoms with Gasteiger partial charge in [0.15, 0.2) is 0 Å². The molecule has 13 heteroatoms. The monoisotopic (exact) mass is 617 g/mol. The summed E-state index contributed by atoms with van der Waals surface area (Å²) in [6, 6.07) is 4.08. The predicted molar refractivity (Wildman–Crippen MR) is 147 cm³/mol. The smallest absolute Gasteiger partial charge is 0.310 e. The number of carboxylic acid groups (broad SMARTS) is 1. The molecule has 1 amide bonds. The highest BCUT2D eigenvalue weighted by Crippen LogP contribution is 2.57. The Morgan fingerprint density at radius 3 is 2.27 bits per heavy atom. The molecule has 0 radical (unpaired) electrons. The zero-order valence-electron chi connectivity index (χ0n) is 22.7. The number of aldehydes is 1. The zero-order chi connectivity index (χ0) is 30.7. The molecule has 4 rings (SSSR count). The quantitative estimate of drug-likeness (QED) is 0.300. The van der Waals surface area contributed by atoms with E-state index < -0.39 is 82.5 Å². The minimum Gasteiger partial charge on any atom is -0.481 e. The lowest BCUT2D eigenvalue weighted by atomic mass is 9.73. The lowest BCUT2D eigenvalue weighted by Gasteiger charge is -2.38. The molecule has 2 heterocycles. The third kappa shape index (κ3) is 5.51. The number of anilines is 2. The number of carbonyl (C=O) groups is 3. The van der Waals surface area contributed by atoms with Crippen molar-refractivity contribution in [2.45, 2.75) is 44.7 Å². The Balaban J connectivity index is 2.00. The summed E-state index contributed by atoms with van der Waals surface area (Å²) < 4.78 is 59.6. The van der Waals surface area contributed by atoms with Gasteiger partial charge in [-0.05, 0) is 29.7 Å². The van der Waals surface area contributed by atoms with Gasteiger partial charge in [-0.1, -0.05) is 44.0 Å². The van der Waals surface area contributed by atoms with Crippen molar-refractivity contribution in [3.8, 4) is 0 Å². The van der Waals surface area contributed by atoms with E-state index in [4.69, 9.17) is 23.2 Å². The summed E-state index contributed by atoms with van der Waals surface area (Å²) in [6.07, 6.45) is -0.845. The molecule has 0 aromatic heterocycles. The number of nitrogens with zero attached hydrogens (tertiary/aromatic N) is 2. The van der Waals surface area contributed by atoms with Crippen LogP contribution in [0.1, 0.15) is 32.8 Å². The highest BCUT2D eigenvalue weighted by Gasteiger charge is 2.71. The fraction of sp³-hybridized carbons (Fsp3) is 0.464. The Kier molecular flexibility index (Phi) is 8.14. The van der Waals surface area contributed by atoms with Gasteiger partial charge in [-0.25, -0.2) is 17.6 Å². The van der Waals surface area contributed by atoms with Crippen LogP contribution in [0.2, 0.25) is 10.0 Å². The Morgan fingerprint density at radius 2 is 1.76 bits per heavy atom. The van der Waals surface area contributed by atoms with Gasteiger partial charge in [0.25, 0.3) is 5.92 Å². The molecule has 4 atom stereocenters. The number of hydrogen-bond donors (Lipinski definition) is 2. The Bertz CT molecular complexity index is 1380. The number of rotatable bonds is 7. The van der Waals surface area contributed by atoms with Gasteiger partial charge in [-0.2, -0.15) is 0 Å². The van der Waals surface area contributed by atoms with E-state index >= 15 is 8.78 Å². The van der Waals surface area contributed by atoms with E-state index in [1.165, 1.54) is 30.1 Å². The molecule has 2 aliphatic rings. The molecule has 2 aromatic carbocycles. The third-order valence-electron chi connectivity index (χ3n) is 7.56.